The second-order valence-electron chi connectivity index (χ2n) is 5.75. The summed E-state index contributed by atoms with van der Waals surface area (Å²) in [6.07, 6.45) is -2.70. The van der Waals surface area contributed by atoms with Gasteiger partial charge in [0.2, 0.25) is 5.91 Å². The summed E-state index contributed by atoms with van der Waals surface area (Å²) in [5.74, 6) is -0.231. The maximum atomic E-state index is 12.3. The molecule has 1 aromatic carbocycles. The zero-order chi connectivity index (χ0) is 17.6. The van der Waals surface area contributed by atoms with Crippen LogP contribution in [0.25, 0.3) is 0 Å². The minimum Gasteiger partial charge on any atom is -0.406 e. The van der Waals surface area contributed by atoms with E-state index in [1.807, 2.05) is 11.9 Å². The van der Waals surface area contributed by atoms with Crippen LogP contribution in [0, 0.1) is 0 Å². The molecule has 0 spiro atoms. The van der Waals surface area contributed by atoms with Crippen LogP contribution in [0.1, 0.15) is 19.3 Å². The van der Waals surface area contributed by atoms with Crippen molar-refractivity contribution in [1.29, 1.82) is 0 Å². The van der Waals surface area contributed by atoms with E-state index in [4.69, 9.17) is 0 Å². The molecule has 0 bridgehead atoms. The number of rotatable bonds is 7. The molecule has 1 saturated heterocycles. The molecular formula is C16H24Cl2F3N3O2. The topological polar surface area (TPSA) is 53.6 Å². The fourth-order valence-corrected chi connectivity index (χ4v) is 2.72. The summed E-state index contributed by atoms with van der Waals surface area (Å²) in [5, 5.41) is 5.96. The van der Waals surface area contributed by atoms with Crippen molar-refractivity contribution in [3.8, 4) is 5.75 Å². The standard InChI is InChI=1S/C16H22F3N3O2.2ClH/c1-20-8-3-6-15(23)21-12-7-9-22(11-12)13-4-2-5-14(10-13)24-16(17,18)19;;/h2,4-5,10,12,20H,3,6-9,11H2,1H3,(H,21,23);2*1H. The Bertz CT molecular complexity index is 562. The highest BCUT2D eigenvalue weighted by atomic mass is 35.5. The summed E-state index contributed by atoms with van der Waals surface area (Å²) in [6.45, 7) is 2.04. The van der Waals surface area contributed by atoms with E-state index in [1.165, 1.54) is 18.2 Å². The number of ether oxygens (including phenoxy) is 1. The van der Waals surface area contributed by atoms with Gasteiger partial charge >= 0.3 is 6.36 Å². The van der Waals surface area contributed by atoms with Crippen molar-refractivity contribution in [3.63, 3.8) is 0 Å². The monoisotopic (exact) mass is 417 g/mol. The zero-order valence-corrected chi connectivity index (χ0v) is 16.0. The number of benzene rings is 1. The lowest BCUT2D eigenvalue weighted by atomic mass is 10.2. The maximum Gasteiger partial charge on any atom is 0.573 e. The Morgan fingerprint density at radius 1 is 1.35 bits per heavy atom. The first-order valence-corrected chi connectivity index (χ1v) is 7.92. The molecule has 1 aromatic rings. The highest BCUT2D eigenvalue weighted by Gasteiger charge is 2.31. The number of hydrogen-bond donors (Lipinski definition) is 2. The maximum absolute atomic E-state index is 12.3. The van der Waals surface area contributed by atoms with E-state index in [2.05, 4.69) is 15.4 Å². The molecule has 1 fully saturated rings. The lowest BCUT2D eigenvalue weighted by Gasteiger charge is -2.20. The molecule has 0 aliphatic carbocycles. The van der Waals surface area contributed by atoms with Gasteiger partial charge in [0.1, 0.15) is 5.75 Å². The van der Waals surface area contributed by atoms with Gasteiger partial charge in [-0.15, -0.1) is 38.0 Å². The summed E-state index contributed by atoms with van der Waals surface area (Å²) >= 11 is 0. The Kier molecular flexibility index (Phi) is 10.8. The van der Waals surface area contributed by atoms with Gasteiger partial charge in [0, 0.05) is 37.3 Å². The molecule has 1 heterocycles. The first-order chi connectivity index (χ1) is 11.4. The van der Waals surface area contributed by atoms with E-state index in [0.717, 1.165) is 19.4 Å². The van der Waals surface area contributed by atoms with E-state index in [1.54, 1.807) is 6.07 Å². The molecule has 0 saturated carbocycles. The van der Waals surface area contributed by atoms with E-state index in [9.17, 15) is 18.0 Å². The fraction of sp³-hybridized carbons (Fsp3) is 0.562. The molecule has 5 nitrogen and oxygen atoms in total. The summed E-state index contributed by atoms with van der Waals surface area (Å²) in [7, 11) is 1.84. The van der Waals surface area contributed by atoms with Gasteiger partial charge in [-0.3, -0.25) is 4.79 Å². The van der Waals surface area contributed by atoms with Crippen molar-refractivity contribution in [3.05, 3.63) is 24.3 Å². The van der Waals surface area contributed by atoms with Crippen LogP contribution < -0.4 is 20.3 Å². The number of amides is 1. The van der Waals surface area contributed by atoms with Crippen molar-refractivity contribution in [2.45, 2.75) is 31.7 Å². The van der Waals surface area contributed by atoms with Crippen LogP contribution in [0.15, 0.2) is 24.3 Å². The smallest absolute Gasteiger partial charge is 0.406 e. The van der Waals surface area contributed by atoms with Gasteiger partial charge in [0.15, 0.2) is 0 Å². The van der Waals surface area contributed by atoms with Crippen LogP contribution in [0.5, 0.6) is 5.75 Å². The van der Waals surface area contributed by atoms with Gasteiger partial charge in [-0.2, -0.15) is 0 Å². The predicted octanol–water partition coefficient (Wildman–Crippen LogP) is 3.12. The van der Waals surface area contributed by atoms with Gasteiger partial charge in [-0.1, -0.05) is 6.07 Å². The molecule has 1 aliphatic rings. The molecule has 26 heavy (non-hydrogen) atoms. The molecule has 2 rings (SSSR count). The van der Waals surface area contributed by atoms with Crippen LogP contribution >= 0.6 is 24.8 Å². The number of anilines is 1. The SMILES string of the molecule is CNCCCC(=O)NC1CCN(c2cccc(OC(F)(F)F)c2)C1.Cl.Cl. The summed E-state index contributed by atoms with van der Waals surface area (Å²) in [5.41, 5.74) is 0.656. The molecule has 1 atom stereocenters. The van der Waals surface area contributed by atoms with Crippen molar-refractivity contribution in [2.24, 2.45) is 0 Å². The Morgan fingerprint density at radius 3 is 2.73 bits per heavy atom. The van der Waals surface area contributed by atoms with Gasteiger partial charge in [-0.05, 0) is 38.6 Å². The van der Waals surface area contributed by atoms with E-state index in [0.29, 0.717) is 25.2 Å². The Hall–Kier alpha value is -1.38. The quantitative estimate of drug-likeness (QED) is 0.669. The molecule has 1 unspecified atom stereocenters. The molecule has 2 N–H and O–H groups in total. The number of hydrogen-bond acceptors (Lipinski definition) is 4. The first-order valence-electron chi connectivity index (χ1n) is 7.92. The normalized spacial score (nSPS) is 16.5. The first kappa shape index (κ1) is 24.6. The molecule has 150 valence electrons. The van der Waals surface area contributed by atoms with E-state index in [-0.39, 0.29) is 42.5 Å². The van der Waals surface area contributed by atoms with Crippen LogP contribution in [0.3, 0.4) is 0 Å². The highest BCUT2D eigenvalue weighted by Crippen LogP contribution is 2.28. The van der Waals surface area contributed by atoms with Crippen LogP contribution in [0.4, 0.5) is 18.9 Å². The lowest BCUT2D eigenvalue weighted by molar-refractivity contribution is -0.274. The second kappa shape index (κ2) is 11.4. The van der Waals surface area contributed by atoms with Crippen LogP contribution in [-0.2, 0) is 4.79 Å². The second-order valence-corrected chi connectivity index (χ2v) is 5.75. The minimum atomic E-state index is -4.70. The molecule has 1 amide bonds. The summed E-state index contributed by atoms with van der Waals surface area (Å²) in [6, 6.07) is 5.92. The third kappa shape index (κ3) is 8.33. The fourth-order valence-electron chi connectivity index (χ4n) is 2.72. The largest absolute Gasteiger partial charge is 0.573 e. The minimum absolute atomic E-state index is 0. The lowest BCUT2D eigenvalue weighted by Crippen LogP contribution is -2.37. The summed E-state index contributed by atoms with van der Waals surface area (Å²) in [4.78, 5) is 13.8. The summed E-state index contributed by atoms with van der Waals surface area (Å²) < 4.78 is 40.8. The number of alkyl halides is 3. The number of carbonyl (C=O) groups excluding carboxylic acids is 1. The number of halogens is 5. The molecule has 1 aliphatic heterocycles. The Morgan fingerprint density at radius 2 is 2.08 bits per heavy atom. The molecular weight excluding hydrogens is 394 g/mol. The zero-order valence-electron chi connectivity index (χ0n) is 14.3. The van der Waals surface area contributed by atoms with Crippen LogP contribution in [0.2, 0.25) is 0 Å². The highest BCUT2D eigenvalue weighted by molar-refractivity contribution is 5.85. The average molecular weight is 418 g/mol. The van der Waals surface area contributed by atoms with Crippen molar-refractivity contribution >= 4 is 36.4 Å². The number of nitrogens with zero attached hydrogens (tertiary/aromatic N) is 1. The predicted molar refractivity (Wildman–Crippen MR) is 99.5 cm³/mol. The molecule has 10 heteroatoms. The number of nitrogens with one attached hydrogen (secondary N) is 2. The van der Waals surface area contributed by atoms with E-state index >= 15 is 0 Å². The van der Waals surface area contributed by atoms with Gasteiger partial charge in [-0.25, -0.2) is 0 Å². The third-order valence-electron chi connectivity index (χ3n) is 3.80. The van der Waals surface area contributed by atoms with Crippen molar-refractivity contribution in [1.82, 2.24) is 10.6 Å². The average Bonchev–Trinajstić information content (AvgIpc) is 2.94. The Balaban J connectivity index is 0.00000312. The Labute approximate surface area is 163 Å². The van der Waals surface area contributed by atoms with Crippen molar-refractivity contribution < 1.29 is 22.7 Å². The van der Waals surface area contributed by atoms with E-state index < -0.39 is 6.36 Å². The van der Waals surface area contributed by atoms with Crippen LogP contribution in [-0.4, -0.2) is 45.0 Å². The number of carbonyl (C=O) groups is 1. The van der Waals surface area contributed by atoms with Crippen molar-refractivity contribution in [2.75, 3.05) is 31.6 Å². The molecule has 0 aromatic heterocycles. The van der Waals surface area contributed by atoms with Gasteiger partial charge in [0.05, 0.1) is 0 Å². The van der Waals surface area contributed by atoms with Gasteiger partial charge < -0.3 is 20.3 Å². The molecule has 0 radical (unpaired) electrons. The van der Waals surface area contributed by atoms with Gasteiger partial charge in [0.25, 0.3) is 0 Å². The third-order valence-corrected chi connectivity index (χ3v) is 3.80.